The lowest BCUT2D eigenvalue weighted by Gasteiger charge is -2.36. The number of piperidine rings is 1. The largest absolute Gasteiger partial charge is 0.480 e. The lowest BCUT2D eigenvalue weighted by molar-refractivity contribution is -0.144. The molecule has 4 nitrogen and oxygen atoms in total. The number of halogens is 2. The Balaban J connectivity index is 2.31. The van der Waals surface area contributed by atoms with E-state index < -0.39 is 35.1 Å². The lowest BCUT2D eigenvalue weighted by atomic mass is 9.92. The Bertz CT molecular complexity index is 547. The Morgan fingerprint density at radius 2 is 2.05 bits per heavy atom. The van der Waals surface area contributed by atoms with Crippen molar-refractivity contribution in [2.45, 2.75) is 25.8 Å². The molecule has 0 aromatic heterocycles. The summed E-state index contributed by atoms with van der Waals surface area (Å²) in [4.78, 5) is 24.6. The second-order valence-corrected chi connectivity index (χ2v) is 5.08. The molecule has 0 spiro atoms. The first-order chi connectivity index (χ1) is 9.41. The fourth-order valence-electron chi connectivity index (χ4n) is 2.44. The molecule has 1 aromatic carbocycles. The Morgan fingerprint density at radius 1 is 1.35 bits per heavy atom. The van der Waals surface area contributed by atoms with E-state index in [-0.39, 0.29) is 12.5 Å². The van der Waals surface area contributed by atoms with E-state index in [0.717, 1.165) is 17.0 Å². The molecule has 1 heterocycles. The van der Waals surface area contributed by atoms with Crippen LogP contribution in [0.5, 0.6) is 0 Å². The van der Waals surface area contributed by atoms with Gasteiger partial charge < -0.3 is 10.0 Å². The number of hydrogen-bond donors (Lipinski definition) is 1. The van der Waals surface area contributed by atoms with Crippen LogP contribution in [-0.4, -0.2) is 34.5 Å². The molecule has 2 rings (SSSR count). The van der Waals surface area contributed by atoms with Gasteiger partial charge in [-0.1, -0.05) is 13.0 Å². The third-order valence-corrected chi connectivity index (χ3v) is 3.59. The zero-order valence-corrected chi connectivity index (χ0v) is 11.0. The number of carbonyl (C=O) groups is 2. The summed E-state index contributed by atoms with van der Waals surface area (Å²) in [7, 11) is 0. The fraction of sp³-hybridized carbons (Fsp3) is 0.429. The maximum absolute atomic E-state index is 13.6. The Morgan fingerprint density at radius 3 is 2.70 bits per heavy atom. The summed E-state index contributed by atoms with van der Waals surface area (Å²) in [6, 6.07) is 2.32. The normalized spacial score (nSPS) is 22.6. The van der Waals surface area contributed by atoms with Gasteiger partial charge in [0.1, 0.15) is 6.04 Å². The molecule has 1 aromatic rings. The minimum Gasteiger partial charge on any atom is -0.480 e. The van der Waals surface area contributed by atoms with Gasteiger partial charge in [0.05, 0.1) is 5.56 Å². The van der Waals surface area contributed by atoms with Gasteiger partial charge in [-0.2, -0.15) is 0 Å². The van der Waals surface area contributed by atoms with Gasteiger partial charge >= 0.3 is 5.97 Å². The van der Waals surface area contributed by atoms with Crippen LogP contribution < -0.4 is 0 Å². The summed E-state index contributed by atoms with van der Waals surface area (Å²) in [5, 5.41) is 9.18. The third-order valence-electron chi connectivity index (χ3n) is 3.59. The van der Waals surface area contributed by atoms with E-state index in [0.29, 0.717) is 12.8 Å². The zero-order valence-electron chi connectivity index (χ0n) is 11.0. The predicted octanol–water partition coefficient (Wildman–Crippen LogP) is 2.29. The molecule has 0 radical (unpaired) electrons. The van der Waals surface area contributed by atoms with Crippen molar-refractivity contribution >= 4 is 11.9 Å². The first kappa shape index (κ1) is 14.4. The first-order valence-electron chi connectivity index (χ1n) is 6.39. The van der Waals surface area contributed by atoms with Crippen LogP contribution in [0.25, 0.3) is 0 Å². The van der Waals surface area contributed by atoms with E-state index in [1.807, 2.05) is 6.92 Å². The van der Waals surface area contributed by atoms with Crippen molar-refractivity contribution < 1.29 is 23.5 Å². The highest BCUT2D eigenvalue weighted by atomic mass is 19.2. The SMILES string of the molecule is CC1CCN(C(=O)c2cccc(F)c2F)C(C(=O)O)C1. The average Bonchev–Trinajstić information content (AvgIpc) is 2.41. The van der Waals surface area contributed by atoms with Crippen molar-refractivity contribution in [2.75, 3.05) is 6.54 Å². The van der Waals surface area contributed by atoms with Crippen LogP contribution in [0.2, 0.25) is 0 Å². The highest BCUT2D eigenvalue weighted by molar-refractivity contribution is 5.97. The van der Waals surface area contributed by atoms with E-state index >= 15 is 0 Å². The van der Waals surface area contributed by atoms with Crippen LogP contribution in [0.4, 0.5) is 8.78 Å². The van der Waals surface area contributed by atoms with Gasteiger partial charge in [0, 0.05) is 6.54 Å². The summed E-state index contributed by atoms with van der Waals surface area (Å²) in [6.07, 6.45) is 0.963. The van der Waals surface area contributed by atoms with Crippen LogP contribution in [0.3, 0.4) is 0 Å². The molecule has 2 atom stereocenters. The number of hydrogen-bond acceptors (Lipinski definition) is 2. The van der Waals surface area contributed by atoms with Gasteiger partial charge in [-0.05, 0) is 30.9 Å². The molecule has 108 valence electrons. The minimum absolute atomic E-state index is 0.178. The van der Waals surface area contributed by atoms with E-state index in [9.17, 15) is 23.5 Å². The molecule has 20 heavy (non-hydrogen) atoms. The van der Waals surface area contributed by atoms with Crippen molar-refractivity contribution in [1.29, 1.82) is 0 Å². The summed E-state index contributed by atoms with van der Waals surface area (Å²) < 4.78 is 26.8. The monoisotopic (exact) mass is 283 g/mol. The van der Waals surface area contributed by atoms with Gasteiger partial charge in [-0.3, -0.25) is 4.79 Å². The van der Waals surface area contributed by atoms with Crippen LogP contribution in [0.1, 0.15) is 30.1 Å². The molecule has 1 aliphatic rings. The number of likely N-dealkylation sites (tertiary alicyclic amines) is 1. The van der Waals surface area contributed by atoms with Crippen LogP contribution >= 0.6 is 0 Å². The van der Waals surface area contributed by atoms with Gasteiger partial charge in [0.25, 0.3) is 5.91 Å². The van der Waals surface area contributed by atoms with Gasteiger partial charge in [0.15, 0.2) is 11.6 Å². The number of benzene rings is 1. The second-order valence-electron chi connectivity index (χ2n) is 5.08. The van der Waals surface area contributed by atoms with Crippen molar-refractivity contribution in [1.82, 2.24) is 4.90 Å². The number of carboxylic acid groups (broad SMARTS) is 1. The average molecular weight is 283 g/mol. The number of rotatable bonds is 2. The predicted molar refractivity (Wildman–Crippen MR) is 67.2 cm³/mol. The number of carboxylic acids is 1. The maximum atomic E-state index is 13.6. The Labute approximate surface area is 115 Å². The molecule has 6 heteroatoms. The van der Waals surface area contributed by atoms with E-state index in [1.165, 1.54) is 6.07 Å². The topological polar surface area (TPSA) is 57.6 Å². The number of amides is 1. The van der Waals surface area contributed by atoms with Gasteiger partial charge in [0.2, 0.25) is 0 Å². The fourth-order valence-corrected chi connectivity index (χ4v) is 2.44. The second kappa shape index (κ2) is 5.56. The molecule has 2 unspecified atom stereocenters. The quantitative estimate of drug-likeness (QED) is 0.906. The molecule has 0 saturated carbocycles. The van der Waals surface area contributed by atoms with Crippen molar-refractivity contribution in [3.05, 3.63) is 35.4 Å². The van der Waals surface area contributed by atoms with Crippen molar-refractivity contribution in [2.24, 2.45) is 5.92 Å². The standard InChI is InChI=1S/C14H15F2NO3/c1-8-5-6-17(11(7-8)14(19)20)13(18)9-3-2-4-10(15)12(9)16/h2-4,8,11H,5-7H2,1H3,(H,19,20). The van der Waals surface area contributed by atoms with Crippen molar-refractivity contribution in [3.8, 4) is 0 Å². The summed E-state index contributed by atoms with van der Waals surface area (Å²) in [5.74, 6) is -4.08. The molecule has 1 amide bonds. The molecule has 0 aliphatic carbocycles. The molecule has 1 aliphatic heterocycles. The third kappa shape index (κ3) is 2.64. The molecule has 1 N–H and O–H groups in total. The maximum Gasteiger partial charge on any atom is 0.326 e. The summed E-state index contributed by atoms with van der Waals surface area (Å²) >= 11 is 0. The Hall–Kier alpha value is -1.98. The molecular formula is C14H15F2NO3. The highest BCUT2D eigenvalue weighted by Crippen LogP contribution is 2.25. The van der Waals surface area contributed by atoms with E-state index in [4.69, 9.17) is 0 Å². The molecule has 0 bridgehead atoms. The smallest absolute Gasteiger partial charge is 0.326 e. The van der Waals surface area contributed by atoms with Crippen LogP contribution in [0, 0.1) is 17.6 Å². The molecule has 1 fully saturated rings. The van der Waals surface area contributed by atoms with E-state index in [2.05, 4.69) is 0 Å². The van der Waals surface area contributed by atoms with Crippen LogP contribution in [0.15, 0.2) is 18.2 Å². The number of aliphatic carboxylic acids is 1. The Kier molecular flexibility index (Phi) is 4.01. The first-order valence-corrected chi connectivity index (χ1v) is 6.39. The molecular weight excluding hydrogens is 268 g/mol. The van der Waals surface area contributed by atoms with Crippen LogP contribution in [-0.2, 0) is 4.79 Å². The van der Waals surface area contributed by atoms with Gasteiger partial charge in [-0.25, -0.2) is 13.6 Å². The number of nitrogens with zero attached hydrogens (tertiary/aromatic N) is 1. The highest BCUT2D eigenvalue weighted by Gasteiger charge is 2.36. The zero-order chi connectivity index (χ0) is 14.9. The number of carbonyl (C=O) groups excluding carboxylic acids is 1. The molecule has 1 saturated heterocycles. The van der Waals surface area contributed by atoms with Crippen molar-refractivity contribution in [3.63, 3.8) is 0 Å². The van der Waals surface area contributed by atoms with Gasteiger partial charge in [-0.15, -0.1) is 0 Å². The minimum atomic E-state index is -1.24. The summed E-state index contributed by atoms with van der Waals surface area (Å²) in [6.45, 7) is 2.13. The summed E-state index contributed by atoms with van der Waals surface area (Å²) in [5.41, 5.74) is -0.425. The van der Waals surface area contributed by atoms with E-state index in [1.54, 1.807) is 0 Å². The lowest BCUT2D eigenvalue weighted by Crippen LogP contribution is -2.50.